The normalized spacial score (nSPS) is 25.1. The number of hydrogen-bond donors (Lipinski definition) is 3. The number of hydrazine groups is 1. The van der Waals surface area contributed by atoms with Gasteiger partial charge in [-0.25, -0.2) is 9.86 Å². The molecule has 20 heavy (non-hydrogen) atoms. The van der Waals surface area contributed by atoms with Crippen LogP contribution in [0.1, 0.15) is 12.8 Å². The van der Waals surface area contributed by atoms with Gasteiger partial charge in [-0.15, -0.1) is 0 Å². The second-order valence-electron chi connectivity index (χ2n) is 5.30. The highest BCUT2D eigenvalue weighted by Gasteiger charge is 2.46. The molecular formula is C11H19N5O4. The van der Waals surface area contributed by atoms with Gasteiger partial charge in [-0.3, -0.25) is 25.6 Å². The van der Waals surface area contributed by atoms with Crippen molar-refractivity contribution in [3.63, 3.8) is 0 Å². The van der Waals surface area contributed by atoms with E-state index in [-0.39, 0.29) is 18.5 Å². The van der Waals surface area contributed by atoms with Crippen LogP contribution < -0.4 is 10.9 Å². The van der Waals surface area contributed by atoms with Crippen LogP contribution in [0.25, 0.3) is 0 Å². The van der Waals surface area contributed by atoms with Crippen molar-refractivity contribution in [2.75, 3.05) is 27.2 Å². The smallest absolute Gasteiger partial charge is 0.309 e. The molecule has 2 rings (SSSR count). The van der Waals surface area contributed by atoms with Gasteiger partial charge in [0.2, 0.25) is 0 Å². The summed E-state index contributed by atoms with van der Waals surface area (Å²) in [6.07, 6.45) is 1.02. The van der Waals surface area contributed by atoms with Gasteiger partial charge in [0, 0.05) is 6.54 Å². The SMILES string of the molecule is CN(C)CC(=O)NNC(=O)[C@@H]1CCC2CN1C(=O)N2O. The summed E-state index contributed by atoms with van der Waals surface area (Å²) >= 11 is 0. The van der Waals surface area contributed by atoms with Gasteiger partial charge >= 0.3 is 6.03 Å². The number of amides is 4. The third-order valence-electron chi connectivity index (χ3n) is 3.43. The van der Waals surface area contributed by atoms with Gasteiger partial charge in [0.1, 0.15) is 6.04 Å². The fourth-order valence-corrected chi connectivity index (χ4v) is 2.46. The van der Waals surface area contributed by atoms with Gasteiger partial charge in [-0.05, 0) is 26.9 Å². The number of hydroxylamine groups is 2. The predicted octanol–water partition coefficient (Wildman–Crippen LogP) is -1.65. The largest absolute Gasteiger partial charge is 0.344 e. The number of rotatable bonds is 3. The quantitative estimate of drug-likeness (QED) is 0.426. The van der Waals surface area contributed by atoms with Gasteiger partial charge in [0.15, 0.2) is 0 Å². The zero-order valence-electron chi connectivity index (χ0n) is 11.5. The summed E-state index contributed by atoms with van der Waals surface area (Å²) in [5.74, 6) is -0.784. The van der Waals surface area contributed by atoms with E-state index in [2.05, 4.69) is 10.9 Å². The molecule has 2 saturated heterocycles. The van der Waals surface area contributed by atoms with E-state index in [1.165, 1.54) is 4.90 Å². The van der Waals surface area contributed by atoms with Crippen LogP contribution in [0.2, 0.25) is 0 Å². The number of urea groups is 1. The molecule has 0 saturated carbocycles. The summed E-state index contributed by atoms with van der Waals surface area (Å²) in [7, 11) is 3.48. The molecule has 2 aliphatic heterocycles. The van der Waals surface area contributed by atoms with E-state index < -0.39 is 18.0 Å². The predicted molar refractivity (Wildman–Crippen MR) is 67.4 cm³/mol. The van der Waals surface area contributed by atoms with Crippen molar-refractivity contribution < 1.29 is 19.6 Å². The Balaban J connectivity index is 1.87. The fourth-order valence-electron chi connectivity index (χ4n) is 2.46. The lowest BCUT2D eigenvalue weighted by atomic mass is 10.0. The standard InChI is InChI=1S/C11H19N5O4/c1-14(2)6-9(17)12-13-10(18)8-4-3-7-5-15(8)11(19)16(7)20/h7-8,20H,3-6H2,1-2H3,(H,12,17)(H,13,18)/t7?,8-/m0/s1. The molecule has 4 amide bonds. The third kappa shape index (κ3) is 2.83. The van der Waals surface area contributed by atoms with Crippen LogP contribution in [-0.2, 0) is 9.59 Å². The highest BCUT2D eigenvalue weighted by Crippen LogP contribution is 2.28. The summed E-state index contributed by atoms with van der Waals surface area (Å²) in [6.45, 7) is 0.485. The number of carbonyl (C=O) groups excluding carboxylic acids is 3. The lowest BCUT2D eigenvalue weighted by Crippen LogP contribution is -2.55. The van der Waals surface area contributed by atoms with Crippen molar-refractivity contribution >= 4 is 17.8 Å². The Morgan fingerprint density at radius 2 is 2.05 bits per heavy atom. The molecule has 2 aliphatic rings. The molecule has 0 aromatic rings. The first-order chi connectivity index (χ1) is 9.40. The van der Waals surface area contributed by atoms with E-state index in [1.807, 2.05) is 0 Å². The lowest BCUT2D eigenvalue weighted by Gasteiger charge is -2.29. The Morgan fingerprint density at radius 3 is 2.70 bits per heavy atom. The number of nitrogens with one attached hydrogen (secondary N) is 2. The van der Waals surface area contributed by atoms with Crippen LogP contribution in [0.3, 0.4) is 0 Å². The summed E-state index contributed by atoms with van der Waals surface area (Å²) < 4.78 is 0. The monoisotopic (exact) mass is 285 g/mol. The summed E-state index contributed by atoms with van der Waals surface area (Å²) in [5, 5.41) is 10.2. The molecule has 2 heterocycles. The fraction of sp³-hybridized carbons (Fsp3) is 0.727. The van der Waals surface area contributed by atoms with Crippen LogP contribution in [0.15, 0.2) is 0 Å². The van der Waals surface area contributed by atoms with Crippen molar-refractivity contribution in [3.8, 4) is 0 Å². The molecule has 2 atom stereocenters. The van der Waals surface area contributed by atoms with Gasteiger partial charge in [0.25, 0.3) is 11.8 Å². The Bertz CT molecular complexity index is 427. The maximum atomic E-state index is 12.0. The average Bonchev–Trinajstić information content (AvgIpc) is 2.61. The van der Waals surface area contributed by atoms with Gasteiger partial charge in [-0.1, -0.05) is 0 Å². The number of likely N-dealkylation sites (N-methyl/N-ethyl adjacent to an activating group) is 1. The summed E-state index contributed by atoms with van der Waals surface area (Å²) in [6, 6.07) is -1.46. The van der Waals surface area contributed by atoms with Crippen LogP contribution >= 0.6 is 0 Å². The summed E-state index contributed by atoms with van der Waals surface area (Å²) in [5.41, 5.74) is 4.62. The molecule has 0 radical (unpaired) electrons. The van der Waals surface area contributed by atoms with E-state index in [9.17, 15) is 19.6 Å². The third-order valence-corrected chi connectivity index (χ3v) is 3.43. The molecule has 0 aliphatic carbocycles. The number of piperidine rings is 1. The molecule has 1 unspecified atom stereocenters. The van der Waals surface area contributed by atoms with Gasteiger partial charge in [0.05, 0.1) is 12.6 Å². The molecule has 2 bridgehead atoms. The first-order valence-electron chi connectivity index (χ1n) is 6.42. The molecule has 9 nitrogen and oxygen atoms in total. The van der Waals surface area contributed by atoms with Gasteiger partial charge < -0.3 is 9.80 Å². The van der Waals surface area contributed by atoms with Crippen molar-refractivity contribution in [1.29, 1.82) is 0 Å². The highest BCUT2D eigenvalue weighted by atomic mass is 16.5. The Kier molecular flexibility index (Phi) is 4.09. The molecule has 112 valence electrons. The minimum atomic E-state index is -0.657. The van der Waals surface area contributed by atoms with Crippen LogP contribution in [-0.4, -0.2) is 77.2 Å². The maximum absolute atomic E-state index is 12.0. The number of carbonyl (C=O) groups is 3. The molecule has 0 aromatic heterocycles. The topological polar surface area (TPSA) is 105 Å². The second kappa shape index (κ2) is 5.63. The minimum absolute atomic E-state index is 0.153. The molecule has 0 spiro atoms. The zero-order valence-corrected chi connectivity index (χ0v) is 11.5. The van der Waals surface area contributed by atoms with E-state index in [4.69, 9.17) is 0 Å². The van der Waals surface area contributed by atoms with E-state index in [0.717, 1.165) is 0 Å². The van der Waals surface area contributed by atoms with Crippen molar-refractivity contribution in [1.82, 2.24) is 25.7 Å². The highest BCUT2D eigenvalue weighted by molar-refractivity contribution is 5.90. The van der Waals surface area contributed by atoms with Gasteiger partial charge in [-0.2, -0.15) is 0 Å². The first kappa shape index (κ1) is 14.5. The molecule has 9 heteroatoms. The van der Waals surface area contributed by atoms with Crippen LogP contribution in [0.5, 0.6) is 0 Å². The van der Waals surface area contributed by atoms with Crippen LogP contribution in [0, 0.1) is 0 Å². The Hall–Kier alpha value is -1.87. The summed E-state index contributed by atoms with van der Waals surface area (Å²) in [4.78, 5) is 38.1. The maximum Gasteiger partial charge on any atom is 0.344 e. The zero-order chi connectivity index (χ0) is 14.9. The molecule has 0 aromatic carbocycles. The van der Waals surface area contributed by atoms with Crippen LogP contribution in [0.4, 0.5) is 4.79 Å². The Labute approximate surface area is 116 Å². The first-order valence-corrected chi connectivity index (χ1v) is 6.42. The molecule has 2 fully saturated rings. The van der Waals surface area contributed by atoms with Crippen molar-refractivity contribution in [2.24, 2.45) is 0 Å². The average molecular weight is 285 g/mol. The lowest BCUT2D eigenvalue weighted by molar-refractivity contribution is -0.132. The number of hydrogen-bond acceptors (Lipinski definition) is 5. The van der Waals surface area contributed by atoms with Crippen molar-refractivity contribution in [2.45, 2.75) is 24.9 Å². The second-order valence-corrected chi connectivity index (χ2v) is 5.30. The Morgan fingerprint density at radius 1 is 1.35 bits per heavy atom. The number of nitrogens with zero attached hydrogens (tertiary/aromatic N) is 3. The van der Waals surface area contributed by atoms with Crippen molar-refractivity contribution in [3.05, 3.63) is 0 Å². The molecule has 3 N–H and O–H groups in total. The van der Waals surface area contributed by atoms with E-state index in [1.54, 1.807) is 19.0 Å². The minimum Gasteiger partial charge on any atom is -0.309 e. The molecular weight excluding hydrogens is 266 g/mol. The van der Waals surface area contributed by atoms with E-state index >= 15 is 0 Å². The van der Waals surface area contributed by atoms with E-state index in [0.29, 0.717) is 24.4 Å². The number of fused-ring (bicyclic) bond motifs is 2.